The van der Waals surface area contributed by atoms with Crippen molar-refractivity contribution in [2.45, 2.75) is 0 Å². The number of allylic oxidation sites excluding steroid dienone is 1. The van der Waals surface area contributed by atoms with E-state index in [1.54, 1.807) is 24.3 Å². The minimum absolute atomic E-state index is 0.0837. The minimum atomic E-state index is -0.0837. The zero-order chi connectivity index (χ0) is 17.9. The summed E-state index contributed by atoms with van der Waals surface area (Å²) in [6.45, 7) is 0. The van der Waals surface area contributed by atoms with Crippen LogP contribution in [0.25, 0.3) is 22.7 Å². The average Bonchev–Trinajstić information content (AvgIpc) is 3.11. The van der Waals surface area contributed by atoms with E-state index < -0.39 is 0 Å². The number of fused-ring (bicyclic) bond motifs is 1. The summed E-state index contributed by atoms with van der Waals surface area (Å²) < 4.78 is 0. The molecule has 1 aromatic heterocycles. The molecule has 0 amide bonds. The van der Waals surface area contributed by atoms with Crippen molar-refractivity contribution in [3.8, 4) is 0 Å². The van der Waals surface area contributed by atoms with Crippen molar-refractivity contribution in [3.63, 3.8) is 0 Å². The third kappa shape index (κ3) is 3.30. The summed E-state index contributed by atoms with van der Waals surface area (Å²) in [5, 5.41) is 0.654. The summed E-state index contributed by atoms with van der Waals surface area (Å²) in [6.07, 6.45) is 1.84. The Balaban J connectivity index is 1.85. The number of halogens is 1. The molecule has 3 aromatic carbocycles. The number of ketones is 1. The van der Waals surface area contributed by atoms with Gasteiger partial charge in [-0.2, -0.15) is 0 Å². The van der Waals surface area contributed by atoms with Gasteiger partial charge in [0.15, 0.2) is 5.78 Å². The molecule has 26 heavy (non-hydrogen) atoms. The Bertz CT molecular complexity index is 1060. The zero-order valence-electron chi connectivity index (χ0n) is 13.8. The second-order valence-electron chi connectivity index (χ2n) is 5.91. The quantitative estimate of drug-likeness (QED) is 0.379. The number of hydrogen-bond donors (Lipinski definition) is 1. The fraction of sp³-hybridized carbons (Fsp3) is 0. The topological polar surface area (TPSA) is 45.8 Å². The van der Waals surface area contributed by atoms with Crippen molar-refractivity contribution in [1.29, 1.82) is 0 Å². The van der Waals surface area contributed by atoms with Gasteiger partial charge in [0.05, 0.1) is 16.6 Å². The number of hydrogen-bond acceptors (Lipinski definition) is 2. The molecule has 4 aromatic rings. The molecule has 1 heterocycles. The van der Waals surface area contributed by atoms with Gasteiger partial charge in [0.25, 0.3) is 0 Å². The maximum Gasteiger partial charge on any atom is 0.196 e. The largest absolute Gasteiger partial charge is 0.338 e. The highest BCUT2D eigenvalue weighted by atomic mass is 35.5. The maximum absolute atomic E-state index is 13.1. The monoisotopic (exact) mass is 358 g/mol. The first kappa shape index (κ1) is 16.3. The third-order valence-electron chi connectivity index (χ3n) is 4.11. The van der Waals surface area contributed by atoms with Crippen LogP contribution in [0.5, 0.6) is 0 Å². The van der Waals surface area contributed by atoms with E-state index in [1.807, 2.05) is 60.7 Å². The van der Waals surface area contributed by atoms with E-state index in [4.69, 9.17) is 11.6 Å². The maximum atomic E-state index is 13.1. The van der Waals surface area contributed by atoms with Crippen molar-refractivity contribution in [1.82, 2.24) is 9.97 Å². The summed E-state index contributed by atoms with van der Waals surface area (Å²) in [6, 6.07) is 24.3. The SMILES string of the molecule is O=C(C(=Cc1ccc(Cl)cc1)c1nc2ccccc2[nH]1)c1ccccc1. The predicted molar refractivity (Wildman–Crippen MR) is 106 cm³/mol. The first-order valence-corrected chi connectivity index (χ1v) is 8.61. The molecule has 0 atom stereocenters. The van der Waals surface area contributed by atoms with Crippen LogP contribution in [0.1, 0.15) is 21.7 Å². The van der Waals surface area contributed by atoms with Gasteiger partial charge in [0, 0.05) is 10.6 Å². The Morgan fingerprint density at radius 1 is 0.885 bits per heavy atom. The molecule has 0 aliphatic carbocycles. The molecule has 0 bridgehead atoms. The van der Waals surface area contributed by atoms with Crippen molar-refractivity contribution in [2.24, 2.45) is 0 Å². The molecule has 1 N–H and O–H groups in total. The van der Waals surface area contributed by atoms with Crippen LogP contribution in [0.2, 0.25) is 5.02 Å². The highest BCUT2D eigenvalue weighted by Crippen LogP contribution is 2.24. The van der Waals surface area contributed by atoms with Gasteiger partial charge >= 0.3 is 0 Å². The molecule has 4 heteroatoms. The fourth-order valence-electron chi connectivity index (χ4n) is 2.79. The molecule has 3 nitrogen and oxygen atoms in total. The Morgan fingerprint density at radius 2 is 1.58 bits per heavy atom. The summed E-state index contributed by atoms with van der Waals surface area (Å²) >= 11 is 5.97. The predicted octanol–water partition coefficient (Wildman–Crippen LogP) is 5.64. The second kappa shape index (κ2) is 6.98. The van der Waals surface area contributed by atoms with E-state index in [0.717, 1.165) is 16.6 Å². The van der Waals surface area contributed by atoms with Crippen LogP contribution in [0.15, 0.2) is 78.9 Å². The number of para-hydroxylation sites is 2. The van der Waals surface area contributed by atoms with Gasteiger partial charge in [-0.15, -0.1) is 0 Å². The number of H-pyrrole nitrogens is 1. The van der Waals surface area contributed by atoms with Crippen LogP contribution < -0.4 is 0 Å². The standard InChI is InChI=1S/C22H15ClN2O/c23-17-12-10-15(11-13-17)14-18(21(26)16-6-2-1-3-7-16)22-24-19-8-4-5-9-20(19)25-22/h1-14H,(H,24,25). The lowest BCUT2D eigenvalue weighted by atomic mass is 10.0. The van der Waals surface area contributed by atoms with Crippen LogP contribution in [0, 0.1) is 0 Å². The number of Topliss-reactive ketones (excluding diaryl/α,β-unsaturated/α-hetero) is 1. The number of rotatable bonds is 4. The first-order valence-electron chi connectivity index (χ1n) is 8.23. The van der Waals surface area contributed by atoms with Gasteiger partial charge in [0.1, 0.15) is 5.82 Å². The molecular weight excluding hydrogens is 344 g/mol. The molecule has 126 valence electrons. The van der Waals surface area contributed by atoms with E-state index in [1.165, 1.54) is 0 Å². The van der Waals surface area contributed by atoms with Crippen LogP contribution in [-0.2, 0) is 0 Å². The molecule has 0 radical (unpaired) electrons. The van der Waals surface area contributed by atoms with Crippen LogP contribution in [-0.4, -0.2) is 15.8 Å². The molecule has 0 saturated heterocycles. The van der Waals surface area contributed by atoms with Crippen LogP contribution in [0.4, 0.5) is 0 Å². The summed E-state index contributed by atoms with van der Waals surface area (Å²) in [5.41, 5.74) is 3.73. The number of aromatic nitrogens is 2. The van der Waals surface area contributed by atoms with Crippen molar-refractivity contribution >= 4 is 40.1 Å². The molecule has 0 saturated carbocycles. The molecule has 0 unspecified atom stereocenters. The second-order valence-corrected chi connectivity index (χ2v) is 6.34. The number of carbonyl (C=O) groups is 1. The number of nitrogens with zero attached hydrogens (tertiary/aromatic N) is 1. The molecule has 0 spiro atoms. The fourth-order valence-corrected chi connectivity index (χ4v) is 2.92. The summed E-state index contributed by atoms with van der Waals surface area (Å²) in [5.74, 6) is 0.467. The Labute approximate surface area is 156 Å². The van der Waals surface area contributed by atoms with E-state index in [0.29, 0.717) is 22.0 Å². The van der Waals surface area contributed by atoms with Crippen molar-refractivity contribution < 1.29 is 4.79 Å². The van der Waals surface area contributed by atoms with E-state index in [-0.39, 0.29) is 5.78 Å². The lowest BCUT2D eigenvalue weighted by Crippen LogP contribution is -2.04. The number of imidazole rings is 1. The number of aromatic amines is 1. The van der Waals surface area contributed by atoms with Gasteiger partial charge in [-0.3, -0.25) is 4.79 Å². The highest BCUT2D eigenvalue weighted by molar-refractivity contribution is 6.32. The lowest BCUT2D eigenvalue weighted by Gasteiger charge is -2.05. The normalized spacial score (nSPS) is 11.7. The van der Waals surface area contributed by atoms with Crippen molar-refractivity contribution in [3.05, 3.63) is 101 Å². The van der Waals surface area contributed by atoms with E-state index in [9.17, 15) is 4.79 Å². The van der Waals surface area contributed by atoms with Gasteiger partial charge in [-0.1, -0.05) is 66.2 Å². The number of benzene rings is 3. The van der Waals surface area contributed by atoms with Crippen LogP contribution in [0.3, 0.4) is 0 Å². The van der Waals surface area contributed by atoms with Crippen molar-refractivity contribution in [2.75, 3.05) is 0 Å². The molecule has 4 rings (SSSR count). The smallest absolute Gasteiger partial charge is 0.196 e. The van der Waals surface area contributed by atoms with E-state index in [2.05, 4.69) is 9.97 Å². The van der Waals surface area contributed by atoms with Gasteiger partial charge < -0.3 is 4.98 Å². The highest BCUT2D eigenvalue weighted by Gasteiger charge is 2.18. The average molecular weight is 359 g/mol. The Kier molecular flexibility index (Phi) is 4.38. The van der Waals surface area contributed by atoms with Gasteiger partial charge in [0.2, 0.25) is 0 Å². The Morgan fingerprint density at radius 3 is 2.31 bits per heavy atom. The molecule has 0 fully saturated rings. The summed E-state index contributed by atoms with van der Waals surface area (Å²) in [4.78, 5) is 21.0. The third-order valence-corrected chi connectivity index (χ3v) is 4.36. The summed E-state index contributed by atoms with van der Waals surface area (Å²) in [7, 11) is 0. The minimum Gasteiger partial charge on any atom is -0.338 e. The molecule has 0 aliphatic heterocycles. The first-order chi connectivity index (χ1) is 12.7. The Hall–Kier alpha value is -3.17. The molecular formula is C22H15ClN2O. The lowest BCUT2D eigenvalue weighted by molar-refractivity contribution is 0.105. The van der Waals surface area contributed by atoms with Crippen LogP contribution >= 0.6 is 11.6 Å². The van der Waals surface area contributed by atoms with Gasteiger partial charge in [-0.05, 0) is 35.9 Å². The van der Waals surface area contributed by atoms with E-state index >= 15 is 0 Å². The van der Waals surface area contributed by atoms with Gasteiger partial charge in [-0.25, -0.2) is 4.98 Å². The molecule has 0 aliphatic rings. The number of nitrogens with one attached hydrogen (secondary N) is 1. The zero-order valence-corrected chi connectivity index (χ0v) is 14.6. The number of carbonyl (C=O) groups excluding carboxylic acids is 1.